The lowest BCUT2D eigenvalue weighted by molar-refractivity contribution is -0.203. The van der Waals surface area contributed by atoms with Crippen LogP contribution in [0.5, 0.6) is 0 Å². The number of nitrogens with zero attached hydrogens (tertiary/aromatic N) is 2. The molecule has 1 aliphatic rings. The molecule has 0 bridgehead atoms. The monoisotopic (exact) mass is 418 g/mol. The van der Waals surface area contributed by atoms with Gasteiger partial charge in [-0.2, -0.15) is 4.39 Å². The highest BCUT2D eigenvalue weighted by molar-refractivity contribution is 6.02. The fraction of sp³-hybridized carbons (Fsp3) is 0.500. The summed E-state index contributed by atoms with van der Waals surface area (Å²) in [6, 6.07) is 3.08. The lowest BCUT2D eigenvalue weighted by atomic mass is 9.67. The molecule has 2 unspecified atom stereocenters. The normalized spacial score (nSPS) is 23.6. The van der Waals surface area contributed by atoms with Crippen LogP contribution in [0.2, 0.25) is 0 Å². The van der Waals surface area contributed by atoms with E-state index in [9.17, 15) is 27.2 Å². The smallest absolute Gasteiger partial charge is 0.349 e. The van der Waals surface area contributed by atoms with Crippen molar-refractivity contribution in [2.45, 2.75) is 38.6 Å². The van der Waals surface area contributed by atoms with Gasteiger partial charge >= 0.3 is 12.3 Å². The minimum atomic E-state index is -3.89. The van der Waals surface area contributed by atoms with Gasteiger partial charge in [-0.1, -0.05) is 0 Å². The van der Waals surface area contributed by atoms with Crippen molar-refractivity contribution in [1.29, 1.82) is 0 Å². The maximum absolute atomic E-state index is 14.7. The Kier molecular flexibility index (Phi) is 5.68. The summed E-state index contributed by atoms with van der Waals surface area (Å²) in [6.07, 6.45) is -3.75. The average molecular weight is 418 g/mol. The number of hydrogen-bond acceptors (Lipinski definition) is 5. The molecule has 0 radical (unpaired) electrons. The molecule has 0 spiro atoms. The Balaban J connectivity index is 2.54. The molecular weight excluding hydrogens is 396 g/mol. The summed E-state index contributed by atoms with van der Waals surface area (Å²) >= 11 is 0. The van der Waals surface area contributed by atoms with Gasteiger partial charge in [-0.25, -0.2) is 18.2 Å². The number of alkyl halides is 3. The summed E-state index contributed by atoms with van der Waals surface area (Å²) in [5, 5.41) is 1.94. The van der Waals surface area contributed by atoms with E-state index in [1.807, 2.05) is 5.32 Å². The van der Waals surface area contributed by atoms with Gasteiger partial charge in [-0.3, -0.25) is 14.5 Å². The lowest BCUT2D eigenvalue weighted by Crippen LogP contribution is -2.58. The van der Waals surface area contributed by atoms with Crippen LogP contribution in [-0.2, 0) is 19.9 Å². The number of ether oxygens (including phenoxy) is 1. The summed E-state index contributed by atoms with van der Waals surface area (Å²) in [5.74, 6) is -7.00. The SMILES string of the molecule is COC(F)(C(=O)Nc1ccc(F)c(C2(C)N=C(N)N(C)C(=O)C2(C)C)c1)C(F)F. The minimum Gasteiger partial charge on any atom is -0.369 e. The zero-order valence-electron chi connectivity index (χ0n) is 16.5. The number of anilines is 1. The van der Waals surface area contributed by atoms with Crippen LogP contribution in [0.15, 0.2) is 23.2 Å². The molecule has 2 rings (SSSR count). The van der Waals surface area contributed by atoms with Gasteiger partial charge in [0.2, 0.25) is 5.91 Å². The van der Waals surface area contributed by atoms with Crippen molar-refractivity contribution >= 4 is 23.5 Å². The molecule has 29 heavy (non-hydrogen) atoms. The first kappa shape index (κ1) is 22.6. The molecule has 1 heterocycles. The third-order valence-electron chi connectivity index (χ3n) is 5.37. The molecule has 1 aromatic carbocycles. The molecule has 0 saturated heterocycles. The van der Waals surface area contributed by atoms with Crippen LogP contribution in [0.4, 0.5) is 23.2 Å². The van der Waals surface area contributed by atoms with Crippen LogP contribution in [0.25, 0.3) is 0 Å². The third-order valence-corrected chi connectivity index (χ3v) is 5.37. The van der Waals surface area contributed by atoms with Gasteiger partial charge < -0.3 is 15.8 Å². The molecule has 3 N–H and O–H groups in total. The van der Waals surface area contributed by atoms with E-state index in [-0.39, 0.29) is 17.2 Å². The quantitative estimate of drug-likeness (QED) is 0.718. The highest BCUT2D eigenvalue weighted by Gasteiger charge is 2.54. The van der Waals surface area contributed by atoms with E-state index in [1.165, 1.54) is 14.0 Å². The first-order valence-corrected chi connectivity index (χ1v) is 8.49. The molecule has 7 nitrogen and oxygen atoms in total. The number of guanidine groups is 1. The number of aliphatic imine (C=N–C) groups is 1. The third kappa shape index (κ3) is 3.43. The molecule has 0 saturated carbocycles. The van der Waals surface area contributed by atoms with Crippen molar-refractivity contribution in [2.24, 2.45) is 16.1 Å². The van der Waals surface area contributed by atoms with E-state index in [0.717, 1.165) is 23.1 Å². The maximum Gasteiger partial charge on any atom is 0.349 e. The van der Waals surface area contributed by atoms with Gasteiger partial charge in [0.15, 0.2) is 5.96 Å². The summed E-state index contributed by atoms with van der Waals surface area (Å²) in [5.41, 5.74) is 2.71. The standard InChI is InChI=1S/C18H22F4N4O3/c1-16(2)14(28)26(4)15(23)25-17(16,3)10-8-9(6-7-11(10)19)24-13(27)18(22,29-5)12(20)21/h6-8,12H,1-5H3,(H2,23,25)(H,24,27). The Labute approximate surface area is 164 Å². The second-order valence-corrected chi connectivity index (χ2v) is 7.33. The van der Waals surface area contributed by atoms with Gasteiger partial charge in [-0.15, -0.1) is 0 Å². The van der Waals surface area contributed by atoms with E-state index in [0.29, 0.717) is 7.11 Å². The van der Waals surface area contributed by atoms with E-state index in [1.54, 1.807) is 13.8 Å². The Morgan fingerprint density at radius 3 is 2.45 bits per heavy atom. The average Bonchev–Trinajstić information content (AvgIpc) is 2.65. The molecular formula is C18H22F4N4O3. The predicted molar refractivity (Wildman–Crippen MR) is 97.4 cm³/mol. The number of nitrogens with two attached hydrogens (primary N) is 1. The largest absolute Gasteiger partial charge is 0.369 e. The minimum absolute atomic E-state index is 0.136. The lowest BCUT2D eigenvalue weighted by Gasteiger charge is -2.46. The summed E-state index contributed by atoms with van der Waals surface area (Å²) < 4.78 is 58.5. The van der Waals surface area contributed by atoms with Crippen molar-refractivity contribution in [2.75, 3.05) is 19.5 Å². The molecule has 2 amide bonds. The van der Waals surface area contributed by atoms with Gasteiger partial charge in [-0.05, 0) is 39.0 Å². The van der Waals surface area contributed by atoms with E-state index in [4.69, 9.17) is 5.73 Å². The molecule has 0 aliphatic carbocycles. The Morgan fingerprint density at radius 1 is 1.34 bits per heavy atom. The maximum atomic E-state index is 14.7. The van der Waals surface area contributed by atoms with Crippen LogP contribution >= 0.6 is 0 Å². The number of amides is 2. The molecule has 1 aromatic rings. The first-order chi connectivity index (χ1) is 13.2. The highest BCUT2D eigenvalue weighted by atomic mass is 19.3. The predicted octanol–water partition coefficient (Wildman–Crippen LogP) is 2.37. The number of benzene rings is 1. The van der Waals surface area contributed by atoms with Gasteiger partial charge in [0.1, 0.15) is 11.4 Å². The van der Waals surface area contributed by atoms with Crippen molar-refractivity contribution in [3.05, 3.63) is 29.6 Å². The van der Waals surface area contributed by atoms with Crippen LogP contribution in [0.1, 0.15) is 26.3 Å². The second kappa shape index (κ2) is 7.29. The number of nitrogens with one attached hydrogen (secondary N) is 1. The molecule has 11 heteroatoms. The van der Waals surface area contributed by atoms with Crippen LogP contribution < -0.4 is 11.1 Å². The summed E-state index contributed by atoms with van der Waals surface area (Å²) in [6.45, 7) is 4.56. The fourth-order valence-corrected chi connectivity index (χ4v) is 3.05. The van der Waals surface area contributed by atoms with Crippen LogP contribution in [-0.4, -0.2) is 49.1 Å². The number of rotatable bonds is 5. The van der Waals surface area contributed by atoms with E-state index in [2.05, 4.69) is 9.73 Å². The molecule has 2 atom stereocenters. The van der Waals surface area contributed by atoms with Crippen molar-refractivity contribution in [3.8, 4) is 0 Å². The summed E-state index contributed by atoms with van der Waals surface area (Å²) in [7, 11) is 2.04. The van der Waals surface area contributed by atoms with Gasteiger partial charge in [0, 0.05) is 25.4 Å². The number of carbonyl (C=O) groups is 2. The van der Waals surface area contributed by atoms with Crippen molar-refractivity contribution in [1.82, 2.24) is 4.90 Å². The topological polar surface area (TPSA) is 97.0 Å². The van der Waals surface area contributed by atoms with E-state index < -0.39 is 40.9 Å². The number of halogens is 4. The Hall–Kier alpha value is -2.69. The van der Waals surface area contributed by atoms with Crippen molar-refractivity contribution in [3.63, 3.8) is 0 Å². The van der Waals surface area contributed by atoms with Gasteiger partial charge in [0.25, 0.3) is 5.91 Å². The second-order valence-electron chi connectivity index (χ2n) is 7.33. The van der Waals surface area contributed by atoms with Crippen molar-refractivity contribution < 1.29 is 31.9 Å². The molecule has 0 aromatic heterocycles. The van der Waals surface area contributed by atoms with Crippen LogP contribution in [0.3, 0.4) is 0 Å². The zero-order chi connectivity index (χ0) is 22.4. The molecule has 1 aliphatic heterocycles. The number of carbonyl (C=O) groups excluding carboxylic acids is 2. The zero-order valence-corrected chi connectivity index (χ0v) is 16.5. The van der Waals surface area contributed by atoms with Gasteiger partial charge in [0.05, 0.1) is 5.41 Å². The van der Waals surface area contributed by atoms with E-state index >= 15 is 0 Å². The van der Waals surface area contributed by atoms with Crippen LogP contribution in [0, 0.1) is 11.2 Å². The molecule has 0 fully saturated rings. The Bertz CT molecular complexity index is 877. The Morgan fingerprint density at radius 2 is 1.93 bits per heavy atom. The summed E-state index contributed by atoms with van der Waals surface area (Å²) in [4.78, 5) is 30.0. The highest BCUT2D eigenvalue weighted by Crippen LogP contribution is 2.47. The number of methoxy groups -OCH3 is 1. The fourth-order valence-electron chi connectivity index (χ4n) is 3.05. The number of hydrogen-bond donors (Lipinski definition) is 2. The molecule has 160 valence electrons. The first-order valence-electron chi connectivity index (χ1n) is 8.49.